The summed E-state index contributed by atoms with van der Waals surface area (Å²) in [6, 6.07) is 11.0. The molecular weight excluding hydrogens is 310 g/mol. The Hall–Kier alpha value is -2.71. The van der Waals surface area contributed by atoms with Gasteiger partial charge in [-0.1, -0.05) is 29.8 Å². The summed E-state index contributed by atoms with van der Waals surface area (Å²) in [6.07, 6.45) is 1.13. The van der Waals surface area contributed by atoms with E-state index < -0.39 is 17.5 Å². The largest absolute Gasteiger partial charge is 0.321 e. The van der Waals surface area contributed by atoms with E-state index in [1.807, 2.05) is 0 Å². The number of benzene rings is 2. The van der Waals surface area contributed by atoms with Crippen LogP contribution in [0.3, 0.4) is 0 Å². The number of nitrogens with one attached hydrogen (secondary N) is 1. The summed E-state index contributed by atoms with van der Waals surface area (Å²) in [4.78, 5) is 12.0. The van der Waals surface area contributed by atoms with Crippen molar-refractivity contribution >= 4 is 29.3 Å². The van der Waals surface area contributed by atoms with E-state index in [4.69, 9.17) is 16.9 Å². The molecule has 0 aliphatic carbocycles. The summed E-state index contributed by atoms with van der Waals surface area (Å²) in [5.74, 6) is -1.91. The summed E-state index contributed by atoms with van der Waals surface area (Å²) < 4.78 is 26.6. The van der Waals surface area contributed by atoms with Crippen LogP contribution in [0.25, 0.3) is 6.08 Å². The van der Waals surface area contributed by atoms with Crippen LogP contribution in [0.5, 0.6) is 0 Å². The molecule has 0 aliphatic heterocycles. The first-order chi connectivity index (χ1) is 10.5. The molecule has 22 heavy (non-hydrogen) atoms. The summed E-state index contributed by atoms with van der Waals surface area (Å²) in [7, 11) is 0. The number of hydrogen-bond acceptors (Lipinski definition) is 2. The maximum atomic E-state index is 13.5. The van der Waals surface area contributed by atoms with Crippen LogP contribution < -0.4 is 5.32 Å². The van der Waals surface area contributed by atoms with E-state index >= 15 is 0 Å². The van der Waals surface area contributed by atoms with Gasteiger partial charge in [-0.25, -0.2) is 8.78 Å². The van der Waals surface area contributed by atoms with Crippen molar-refractivity contribution in [3.8, 4) is 6.07 Å². The number of amides is 1. The van der Waals surface area contributed by atoms with E-state index in [0.29, 0.717) is 0 Å². The smallest absolute Gasteiger partial charge is 0.266 e. The lowest BCUT2D eigenvalue weighted by Gasteiger charge is -2.05. The van der Waals surface area contributed by atoms with Crippen molar-refractivity contribution in [2.45, 2.75) is 0 Å². The van der Waals surface area contributed by atoms with Crippen molar-refractivity contribution in [2.75, 3.05) is 5.32 Å². The molecule has 0 aromatic heterocycles. The molecule has 110 valence electrons. The molecule has 0 saturated heterocycles. The van der Waals surface area contributed by atoms with Crippen LogP contribution in [0.2, 0.25) is 5.02 Å². The van der Waals surface area contributed by atoms with Crippen molar-refractivity contribution in [2.24, 2.45) is 0 Å². The van der Waals surface area contributed by atoms with Gasteiger partial charge in [0.05, 0.1) is 5.02 Å². The third kappa shape index (κ3) is 3.68. The van der Waals surface area contributed by atoms with Crippen molar-refractivity contribution in [1.82, 2.24) is 0 Å². The molecule has 1 amide bonds. The molecule has 0 radical (unpaired) electrons. The highest BCUT2D eigenvalue weighted by atomic mass is 35.5. The minimum absolute atomic E-state index is 0.117. The van der Waals surface area contributed by atoms with Crippen LogP contribution in [-0.4, -0.2) is 5.91 Å². The average Bonchev–Trinajstić information content (AvgIpc) is 2.50. The van der Waals surface area contributed by atoms with Crippen LogP contribution in [0.15, 0.2) is 48.0 Å². The number of carbonyl (C=O) groups is 1. The molecule has 0 unspecified atom stereocenters. The fourth-order valence-corrected chi connectivity index (χ4v) is 1.85. The first kappa shape index (κ1) is 15.7. The van der Waals surface area contributed by atoms with Gasteiger partial charge in [0.1, 0.15) is 23.3 Å². The minimum atomic E-state index is -0.742. The standard InChI is InChI=1S/C16H9ClF2N2O/c17-13-8-12(5-6-15(13)19)21-16(22)11(9-20)7-10-3-1-2-4-14(10)18/h1-8H,(H,21,22)/b11-7+. The van der Waals surface area contributed by atoms with Gasteiger partial charge in [0, 0.05) is 11.3 Å². The van der Waals surface area contributed by atoms with Crippen LogP contribution in [0.4, 0.5) is 14.5 Å². The Morgan fingerprint density at radius 2 is 1.91 bits per heavy atom. The predicted molar refractivity (Wildman–Crippen MR) is 80.0 cm³/mol. The van der Waals surface area contributed by atoms with Crippen LogP contribution in [0, 0.1) is 23.0 Å². The van der Waals surface area contributed by atoms with E-state index in [1.165, 1.54) is 30.3 Å². The number of carbonyl (C=O) groups excluding carboxylic acids is 1. The van der Waals surface area contributed by atoms with Gasteiger partial charge in [0.25, 0.3) is 5.91 Å². The zero-order valence-electron chi connectivity index (χ0n) is 11.1. The van der Waals surface area contributed by atoms with E-state index in [-0.39, 0.29) is 21.8 Å². The Kier molecular flexibility index (Phi) is 4.87. The van der Waals surface area contributed by atoms with Gasteiger partial charge in [-0.05, 0) is 30.3 Å². The maximum Gasteiger partial charge on any atom is 0.266 e. The van der Waals surface area contributed by atoms with Gasteiger partial charge in [0.15, 0.2) is 0 Å². The lowest BCUT2D eigenvalue weighted by molar-refractivity contribution is -0.112. The van der Waals surface area contributed by atoms with Gasteiger partial charge in [0.2, 0.25) is 0 Å². The summed E-state index contributed by atoms with van der Waals surface area (Å²) in [6.45, 7) is 0. The Morgan fingerprint density at radius 1 is 1.18 bits per heavy atom. The van der Waals surface area contributed by atoms with Crippen LogP contribution in [0.1, 0.15) is 5.56 Å². The first-order valence-electron chi connectivity index (χ1n) is 6.14. The van der Waals surface area contributed by atoms with Gasteiger partial charge in [-0.2, -0.15) is 5.26 Å². The highest BCUT2D eigenvalue weighted by Crippen LogP contribution is 2.20. The Balaban J connectivity index is 2.24. The Labute approximate surface area is 130 Å². The monoisotopic (exact) mass is 318 g/mol. The lowest BCUT2D eigenvalue weighted by atomic mass is 10.1. The third-order valence-corrected chi connectivity index (χ3v) is 3.04. The second-order valence-electron chi connectivity index (χ2n) is 4.27. The molecule has 0 fully saturated rings. The summed E-state index contributed by atoms with van der Waals surface area (Å²) in [5, 5.41) is 11.3. The minimum Gasteiger partial charge on any atom is -0.321 e. The zero-order chi connectivity index (χ0) is 16.1. The van der Waals surface area contributed by atoms with E-state index in [1.54, 1.807) is 12.1 Å². The predicted octanol–water partition coefficient (Wildman–Crippen LogP) is 4.16. The normalized spacial score (nSPS) is 10.9. The molecule has 0 spiro atoms. The molecule has 0 aliphatic rings. The molecule has 3 nitrogen and oxygen atoms in total. The van der Waals surface area contributed by atoms with Gasteiger partial charge < -0.3 is 5.32 Å². The van der Waals surface area contributed by atoms with Crippen molar-refractivity contribution in [3.05, 3.63) is 70.3 Å². The number of halogens is 3. The molecule has 2 aromatic rings. The molecule has 0 saturated carbocycles. The lowest BCUT2D eigenvalue weighted by Crippen LogP contribution is -2.13. The summed E-state index contributed by atoms with van der Waals surface area (Å²) in [5.41, 5.74) is 0.0583. The summed E-state index contributed by atoms with van der Waals surface area (Å²) >= 11 is 5.61. The first-order valence-corrected chi connectivity index (χ1v) is 6.52. The SMILES string of the molecule is N#C/C(=C\c1ccccc1F)C(=O)Nc1ccc(F)c(Cl)c1. The number of anilines is 1. The quantitative estimate of drug-likeness (QED) is 0.682. The topological polar surface area (TPSA) is 52.9 Å². The number of hydrogen-bond donors (Lipinski definition) is 1. The van der Waals surface area contributed by atoms with E-state index in [0.717, 1.165) is 12.1 Å². The maximum absolute atomic E-state index is 13.5. The van der Waals surface area contributed by atoms with Crippen molar-refractivity contribution in [3.63, 3.8) is 0 Å². The molecule has 0 atom stereocenters. The molecule has 6 heteroatoms. The second kappa shape index (κ2) is 6.83. The van der Waals surface area contributed by atoms with E-state index in [2.05, 4.69) is 5.32 Å². The molecular formula is C16H9ClF2N2O. The van der Waals surface area contributed by atoms with Crippen LogP contribution in [-0.2, 0) is 4.79 Å². The Bertz CT molecular complexity index is 797. The van der Waals surface area contributed by atoms with E-state index in [9.17, 15) is 13.6 Å². The van der Waals surface area contributed by atoms with Gasteiger partial charge in [-0.3, -0.25) is 4.79 Å². The van der Waals surface area contributed by atoms with Gasteiger partial charge >= 0.3 is 0 Å². The highest BCUT2D eigenvalue weighted by Gasteiger charge is 2.11. The van der Waals surface area contributed by atoms with Crippen molar-refractivity contribution < 1.29 is 13.6 Å². The molecule has 0 bridgehead atoms. The fourth-order valence-electron chi connectivity index (χ4n) is 1.67. The third-order valence-electron chi connectivity index (χ3n) is 2.75. The van der Waals surface area contributed by atoms with Crippen LogP contribution >= 0.6 is 11.6 Å². The zero-order valence-corrected chi connectivity index (χ0v) is 11.9. The number of nitriles is 1. The average molecular weight is 319 g/mol. The highest BCUT2D eigenvalue weighted by molar-refractivity contribution is 6.31. The molecule has 2 rings (SSSR count). The Morgan fingerprint density at radius 3 is 2.55 bits per heavy atom. The van der Waals surface area contributed by atoms with Gasteiger partial charge in [-0.15, -0.1) is 0 Å². The van der Waals surface area contributed by atoms with Crippen molar-refractivity contribution in [1.29, 1.82) is 5.26 Å². The fraction of sp³-hybridized carbons (Fsp3) is 0. The number of nitrogens with zero attached hydrogens (tertiary/aromatic N) is 1. The number of rotatable bonds is 3. The molecule has 1 N–H and O–H groups in total. The second-order valence-corrected chi connectivity index (χ2v) is 4.68. The molecule has 0 heterocycles. The molecule has 2 aromatic carbocycles.